The van der Waals surface area contributed by atoms with Crippen LogP contribution >= 0.6 is 11.3 Å². The predicted octanol–water partition coefficient (Wildman–Crippen LogP) is 3.12. The summed E-state index contributed by atoms with van der Waals surface area (Å²) in [6.07, 6.45) is -3.19. The van der Waals surface area contributed by atoms with Crippen LogP contribution in [0.25, 0.3) is 10.3 Å². The van der Waals surface area contributed by atoms with Crippen molar-refractivity contribution in [3.63, 3.8) is 0 Å². The van der Waals surface area contributed by atoms with E-state index in [0.29, 0.717) is 35.6 Å². The summed E-state index contributed by atoms with van der Waals surface area (Å²) in [6, 6.07) is 8.22. The van der Waals surface area contributed by atoms with Gasteiger partial charge >= 0.3 is 6.18 Å². The maximum atomic E-state index is 13.8. The SMILES string of the molecule is O=C(NCc1ccccc1)[C@H]1CCCN1c1nc2c(=O)n([C@@H]3CCOC3)c(C(F)(F)F)nc2s1. The number of fused-ring (bicyclic) bond motifs is 1. The number of carbonyl (C=O) groups excluding carboxylic acids is 1. The third kappa shape index (κ3) is 4.27. The minimum atomic E-state index is -4.80. The number of amides is 1. The number of alkyl halides is 3. The zero-order chi connectivity index (χ0) is 23.9. The number of thiazole rings is 1. The number of anilines is 1. The van der Waals surface area contributed by atoms with E-state index >= 15 is 0 Å². The van der Waals surface area contributed by atoms with Crippen molar-refractivity contribution in [1.29, 1.82) is 0 Å². The van der Waals surface area contributed by atoms with E-state index in [9.17, 15) is 22.8 Å². The van der Waals surface area contributed by atoms with E-state index in [1.807, 2.05) is 30.3 Å². The highest BCUT2D eigenvalue weighted by Crippen LogP contribution is 2.35. The molecule has 0 bridgehead atoms. The van der Waals surface area contributed by atoms with Gasteiger partial charge in [-0.25, -0.2) is 9.97 Å². The monoisotopic (exact) mass is 493 g/mol. The van der Waals surface area contributed by atoms with Gasteiger partial charge in [-0.3, -0.25) is 14.2 Å². The highest BCUT2D eigenvalue weighted by molar-refractivity contribution is 7.21. The maximum absolute atomic E-state index is 13.8. The number of nitrogens with one attached hydrogen (secondary N) is 1. The van der Waals surface area contributed by atoms with Gasteiger partial charge < -0.3 is 15.0 Å². The number of benzene rings is 1. The lowest BCUT2D eigenvalue weighted by atomic mass is 10.2. The first-order chi connectivity index (χ1) is 16.3. The fourth-order valence-corrected chi connectivity index (χ4v) is 5.44. The molecule has 3 aromatic rings. The van der Waals surface area contributed by atoms with Crippen molar-refractivity contribution < 1.29 is 22.7 Å². The first-order valence-electron chi connectivity index (χ1n) is 11.0. The second-order valence-corrected chi connectivity index (χ2v) is 9.29. The fourth-order valence-electron chi connectivity index (χ4n) is 4.43. The molecule has 180 valence electrons. The molecule has 2 aromatic heterocycles. The Morgan fingerprint density at radius 2 is 2.00 bits per heavy atom. The Kier molecular flexibility index (Phi) is 6.02. The van der Waals surface area contributed by atoms with E-state index in [1.54, 1.807) is 4.90 Å². The standard InChI is InChI=1S/C22H22F3N5O3S/c23-22(24,25)20-28-18-16(19(32)30(20)14-8-10-33-12-14)27-21(34-18)29-9-4-7-15(29)17(31)26-11-13-5-2-1-3-6-13/h1-3,5-6,14-15H,4,7-12H2,(H,26,31)/t14-,15-/m1/s1. The Hall–Kier alpha value is -2.99. The van der Waals surface area contributed by atoms with Gasteiger partial charge in [0.05, 0.1) is 12.6 Å². The Labute approximate surface area is 196 Å². The van der Waals surface area contributed by atoms with E-state index in [4.69, 9.17) is 4.74 Å². The van der Waals surface area contributed by atoms with Crippen LogP contribution in [0.4, 0.5) is 18.3 Å². The normalized spacial score (nSPS) is 20.9. The van der Waals surface area contributed by atoms with Crippen molar-refractivity contribution in [2.24, 2.45) is 0 Å². The van der Waals surface area contributed by atoms with Gasteiger partial charge in [-0.2, -0.15) is 13.2 Å². The maximum Gasteiger partial charge on any atom is 0.449 e. The first-order valence-corrected chi connectivity index (χ1v) is 11.8. The Morgan fingerprint density at radius 3 is 2.71 bits per heavy atom. The second kappa shape index (κ2) is 8.99. The van der Waals surface area contributed by atoms with Crippen molar-refractivity contribution in [1.82, 2.24) is 19.9 Å². The summed E-state index contributed by atoms with van der Waals surface area (Å²) in [7, 11) is 0. The van der Waals surface area contributed by atoms with Crippen molar-refractivity contribution in [2.75, 3.05) is 24.7 Å². The summed E-state index contributed by atoms with van der Waals surface area (Å²) in [6.45, 7) is 1.18. The third-order valence-corrected chi connectivity index (χ3v) is 7.08. The smallest absolute Gasteiger partial charge is 0.379 e. The highest BCUT2D eigenvalue weighted by atomic mass is 32.1. The number of ether oxygens (including phenoxy) is 1. The summed E-state index contributed by atoms with van der Waals surface area (Å²) in [5, 5.41) is 3.24. The average molecular weight is 494 g/mol. The van der Waals surface area contributed by atoms with Gasteiger partial charge in [-0.05, 0) is 24.8 Å². The summed E-state index contributed by atoms with van der Waals surface area (Å²) in [5.74, 6) is -1.43. The predicted molar refractivity (Wildman–Crippen MR) is 120 cm³/mol. The third-order valence-electron chi connectivity index (χ3n) is 6.09. The van der Waals surface area contributed by atoms with Gasteiger partial charge in [0.15, 0.2) is 15.5 Å². The fraction of sp³-hybridized carbons (Fsp3) is 0.455. The van der Waals surface area contributed by atoms with Crippen LogP contribution in [0.15, 0.2) is 35.1 Å². The van der Waals surface area contributed by atoms with Crippen LogP contribution in [0.1, 0.15) is 36.7 Å². The topological polar surface area (TPSA) is 89.4 Å². The lowest BCUT2D eigenvalue weighted by Gasteiger charge is -2.23. The van der Waals surface area contributed by atoms with Gasteiger partial charge in [-0.1, -0.05) is 41.7 Å². The van der Waals surface area contributed by atoms with Crippen LogP contribution in [0.2, 0.25) is 0 Å². The minimum Gasteiger partial charge on any atom is -0.379 e. The van der Waals surface area contributed by atoms with Crippen molar-refractivity contribution >= 4 is 32.7 Å². The Bertz CT molecular complexity index is 1250. The molecular weight excluding hydrogens is 471 g/mol. The molecule has 2 atom stereocenters. The molecule has 2 saturated heterocycles. The number of halogens is 3. The molecule has 0 aliphatic carbocycles. The van der Waals surface area contributed by atoms with E-state index in [1.165, 1.54) is 0 Å². The van der Waals surface area contributed by atoms with E-state index in [0.717, 1.165) is 23.3 Å². The molecule has 0 spiro atoms. The lowest BCUT2D eigenvalue weighted by Crippen LogP contribution is -2.43. The molecule has 0 saturated carbocycles. The van der Waals surface area contributed by atoms with Gasteiger partial charge in [-0.15, -0.1) is 0 Å². The molecule has 12 heteroatoms. The molecular formula is C22H22F3N5O3S. The van der Waals surface area contributed by atoms with Crippen LogP contribution in [-0.2, 0) is 22.3 Å². The number of hydrogen-bond acceptors (Lipinski definition) is 7. The molecule has 1 amide bonds. The summed E-state index contributed by atoms with van der Waals surface area (Å²) < 4.78 is 47.2. The van der Waals surface area contributed by atoms with Crippen LogP contribution in [-0.4, -0.2) is 46.2 Å². The second-order valence-electron chi connectivity index (χ2n) is 8.33. The largest absolute Gasteiger partial charge is 0.449 e. The molecule has 5 rings (SSSR count). The number of rotatable bonds is 5. The van der Waals surface area contributed by atoms with Gasteiger partial charge in [0.2, 0.25) is 11.7 Å². The molecule has 8 nitrogen and oxygen atoms in total. The molecule has 34 heavy (non-hydrogen) atoms. The first kappa shape index (κ1) is 22.8. The Morgan fingerprint density at radius 1 is 1.21 bits per heavy atom. The molecule has 1 N–H and O–H groups in total. The van der Waals surface area contributed by atoms with Crippen LogP contribution < -0.4 is 15.8 Å². The molecule has 2 fully saturated rings. The molecule has 2 aliphatic heterocycles. The van der Waals surface area contributed by atoms with Crippen LogP contribution in [0.5, 0.6) is 0 Å². The molecule has 0 unspecified atom stereocenters. The van der Waals surface area contributed by atoms with E-state index < -0.39 is 29.6 Å². The van der Waals surface area contributed by atoms with Crippen molar-refractivity contribution in [3.8, 4) is 0 Å². The van der Waals surface area contributed by atoms with Crippen LogP contribution in [0, 0.1) is 0 Å². The van der Waals surface area contributed by atoms with Gasteiger partial charge in [0.1, 0.15) is 6.04 Å². The highest BCUT2D eigenvalue weighted by Gasteiger charge is 2.41. The number of carbonyl (C=O) groups is 1. The summed E-state index contributed by atoms with van der Waals surface area (Å²) in [4.78, 5) is 35.8. The molecule has 0 radical (unpaired) electrons. The van der Waals surface area contributed by atoms with E-state index in [2.05, 4.69) is 15.3 Å². The van der Waals surface area contributed by atoms with Gasteiger partial charge in [0, 0.05) is 19.7 Å². The minimum absolute atomic E-state index is 0.0168. The van der Waals surface area contributed by atoms with Crippen LogP contribution in [0.3, 0.4) is 0 Å². The molecule has 2 aliphatic rings. The summed E-state index contributed by atoms with van der Waals surface area (Å²) >= 11 is 0.905. The number of aromatic nitrogens is 3. The Balaban J connectivity index is 1.46. The zero-order valence-corrected chi connectivity index (χ0v) is 18.9. The number of hydrogen-bond donors (Lipinski definition) is 1. The number of nitrogens with zero attached hydrogens (tertiary/aromatic N) is 4. The summed E-state index contributed by atoms with van der Waals surface area (Å²) in [5.41, 5.74) is 0.00977. The van der Waals surface area contributed by atoms with Gasteiger partial charge in [0.25, 0.3) is 5.56 Å². The lowest BCUT2D eigenvalue weighted by molar-refractivity contribution is -0.148. The molecule has 1 aromatic carbocycles. The van der Waals surface area contributed by atoms with Crippen molar-refractivity contribution in [2.45, 2.75) is 44.1 Å². The zero-order valence-electron chi connectivity index (χ0n) is 18.0. The van der Waals surface area contributed by atoms with Crippen molar-refractivity contribution in [3.05, 3.63) is 52.1 Å². The molecule has 4 heterocycles. The van der Waals surface area contributed by atoms with E-state index in [-0.39, 0.29) is 29.5 Å². The quantitative estimate of drug-likeness (QED) is 0.588. The average Bonchev–Trinajstić information content (AvgIpc) is 3.57.